The van der Waals surface area contributed by atoms with Crippen molar-refractivity contribution >= 4 is 11.9 Å². The van der Waals surface area contributed by atoms with E-state index in [1.54, 1.807) is 6.08 Å². The second-order valence-electron chi connectivity index (χ2n) is 9.19. The highest BCUT2D eigenvalue weighted by Gasteiger charge is 2.35. The van der Waals surface area contributed by atoms with Gasteiger partial charge >= 0.3 is 6.18 Å². The van der Waals surface area contributed by atoms with Crippen LogP contribution in [-0.4, -0.2) is 18.1 Å². The predicted molar refractivity (Wildman–Crippen MR) is 142 cm³/mol. The summed E-state index contributed by atoms with van der Waals surface area (Å²) in [5, 5.41) is 0. The molecule has 0 spiro atoms. The average Bonchev–Trinajstić information content (AvgIpc) is 2.84. The number of allylic oxidation sites excluding steroid dienone is 5. The maximum absolute atomic E-state index is 13.5. The van der Waals surface area contributed by atoms with Crippen LogP contribution in [0.4, 0.5) is 13.2 Å². The van der Waals surface area contributed by atoms with E-state index in [1.807, 2.05) is 42.5 Å². The summed E-state index contributed by atoms with van der Waals surface area (Å²) in [6.45, 7) is 11.1. The molecule has 0 radical (unpaired) electrons. The molecule has 5 heteroatoms. The summed E-state index contributed by atoms with van der Waals surface area (Å²) in [7, 11) is 0. The van der Waals surface area contributed by atoms with E-state index >= 15 is 0 Å². The van der Waals surface area contributed by atoms with Gasteiger partial charge in [0.1, 0.15) is 5.75 Å². The molecule has 3 rings (SSSR count). The van der Waals surface area contributed by atoms with Crippen LogP contribution in [0.2, 0.25) is 0 Å². The van der Waals surface area contributed by atoms with Crippen molar-refractivity contribution in [2.75, 3.05) is 0 Å². The first-order valence-corrected chi connectivity index (χ1v) is 12.3. The van der Waals surface area contributed by atoms with Gasteiger partial charge in [-0.15, -0.1) is 0 Å². The molecule has 192 valence electrons. The Morgan fingerprint density at radius 3 is 2.39 bits per heavy atom. The van der Waals surface area contributed by atoms with Crippen molar-refractivity contribution in [3.05, 3.63) is 107 Å². The van der Waals surface area contributed by atoms with Crippen LogP contribution in [0.1, 0.15) is 69.1 Å². The third kappa shape index (κ3) is 6.87. The fraction of sp³-hybridized carbons (Fsp3) is 0.323. The molecule has 0 aliphatic heterocycles. The van der Waals surface area contributed by atoms with Crippen LogP contribution < -0.4 is 4.74 Å². The summed E-state index contributed by atoms with van der Waals surface area (Å²) >= 11 is 0. The average molecular weight is 497 g/mol. The summed E-state index contributed by atoms with van der Waals surface area (Å²) in [5.74, 6) is -0.103. The molecular weight excluding hydrogens is 461 g/mol. The molecule has 0 saturated carbocycles. The summed E-state index contributed by atoms with van der Waals surface area (Å²) in [5.41, 5.74) is 2.74. The monoisotopic (exact) mass is 496 g/mol. The topological polar surface area (TPSA) is 26.3 Å². The van der Waals surface area contributed by atoms with Crippen molar-refractivity contribution in [3.63, 3.8) is 0 Å². The van der Waals surface area contributed by atoms with Crippen molar-refractivity contribution in [2.45, 2.75) is 64.1 Å². The molecule has 0 heterocycles. The van der Waals surface area contributed by atoms with Gasteiger partial charge in [0, 0.05) is 1.43 Å². The third-order valence-electron chi connectivity index (χ3n) is 6.46. The predicted octanol–water partition coefficient (Wildman–Crippen LogP) is 8.78. The molecule has 0 bridgehead atoms. The molecule has 2 unspecified atom stereocenters. The number of hydrogen-bond acceptors (Lipinski definition) is 2. The van der Waals surface area contributed by atoms with E-state index in [2.05, 4.69) is 27.0 Å². The lowest BCUT2D eigenvalue weighted by Gasteiger charge is -2.23. The van der Waals surface area contributed by atoms with Crippen LogP contribution in [-0.2, 0) is 11.2 Å². The van der Waals surface area contributed by atoms with Crippen LogP contribution in [0.3, 0.4) is 0 Å². The van der Waals surface area contributed by atoms with E-state index < -0.39 is 17.7 Å². The second kappa shape index (κ2) is 12.1. The number of halogens is 3. The fourth-order valence-electron chi connectivity index (χ4n) is 4.50. The van der Waals surface area contributed by atoms with Gasteiger partial charge in [-0.2, -0.15) is 13.2 Å². The molecular formula is C31H35F3O2. The number of ketones is 1. The Labute approximate surface area is 213 Å². The van der Waals surface area contributed by atoms with Crippen LogP contribution in [0.5, 0.6) is 5.75 Å². The van der Waals surface area contributed by atoms with E-state index in [9.17, 15) is 18.0 Å². The first-order valence-electron chi connectivity index (χ1n) is 12.3. The Morgan fingerprint density at radius 2 is 1.78 bits per heavy atom. The zero-order valence-electron chi connectivity index (χ0n) is 20.9. The van der Waals surface area contributed by atoms with Gasteiger partial charge in [-0.25, -0.2) is 0 Å². The molecule has 2 aromatic rings. The van der Waals surface area contributed by atoms with E-state index in [-0.39, 0.29) is 25.3 Å². The maximum atomic E-state index is 13.5. The van der Waals surface area contributed by atoms with Gasteiger partial charge in [0.15, 0.2) is 5.78 Å². The SMILES string of the molecule is C=C/C(CC1C(=O)C=Cc2ccc(Cc3ccc(OC(C)CCCC)cc3)cc21)=C(\C=C)C(F)(F)F.[HH]. The van der Waals surface area contributed by atoms with Gasteiger partial charge in [-0.3, -0.25) is 4.79 Å². The number of hydrogen-bond donors (Lipinski definition) is 0. The van der Waals surface area contributed by atoms with Crippen molar-refractivity contribution in [2.24, 2.45) is 0 Å². The first kappa shape index (κ1) is 27.3. The van der Waals surface area contributed by atoms with Gasteiger partial charge in [0.05, 0.1) is 17.6 Å². The molecule has 2 aromatic carbocycles. The normalized spacial score (nSPS) is 16.7. The number of rotatable bonds is 11. The Bertz CT molecular complexity index is 1160. The first-order chi connectivity index (χ1) is 17.2. The molecule has 0 fully saturated rings. The number of alkyl halides is 3. The molecule has 0 aromatic heterocycles. The lowest BCUT2D eigenvalue weighted by Crippen LogP contribution is -2.18. The number of carbonyl (C=O) groups excluding carboxylic acids is 1. The van der Waals surface area contributed by atoms with Gasteiger partial charge < -0.3 is 4.74 Å². The number of ether oxygens (including phenoxy) is 1. The van der Waals surface area contributed by atoms with Crippen LogP contribution in [0.15, 0.2) is 85.0 Å². The van der Waals surface area contributed by atoms with E-state index in [1.165, 1.54) is 12.2 Å². The smallest absolute Gasteiger partial charge is 0.416 e. The van der Waals surface area contributed by atoms with Gasteiger partial charge in [0.2, 0.25) is 0 Å². The van der Waals surface area contributed by atoms with E-state index in [4.69, 9.17) is 4.74 Å². The Morgan fingerprint density at radius 1 is 1.08 bits per heavy atom. The lowest BCUT2D eigenvalue weighted by atomic mass is 9.80. The lowest BCUT2D eigenvalue weighted by molar-refractivity contribution is -0.116. The van der Waals surface area contributed by atoms with Crippen molar-refractivity contribution in [1.82, 2.24) is 0 Å². The summed E-state index contributed by atoms with van der Waals surface area (Å²) in [4.78, 5) is 12.8. The van der Waals surface area contributed by atoms with E-state index in [0.29, 0.717) is 6.42 Å². The van der Waals surface area contributed by atoms with Gasteiger partial charge in [-0.05, 0) is 72.2 Å². The van der Waals surface area contributed by atoms with E-state index in [0.717, 1.165) is 53.3 Å². The molecule has 0 amide bonds. The van der Waals surface area contributed by atoms with Crippen LogP contribution >= 0.6 is 0 Å². The molecule has 2 nitrogen and oxygen atoms in total. The van der Waals surface area contributed by atoms with Gasteiger partial charge in [0.25, 0.3) is 0 Å². The number of carbonyl (C=O) groups is 1. The highest BCUT2D eigenvalue weighted by atomic mass is 19.4. The van der Waals surface area contributed by atoms with Crippen molar-refractivity contribution in [3.8, 4) is 5.75 Å². The zero-order valence-corrected chi connectivity index (χ0v) is 20.9. The van der Waals surface area contributed by atoms with Crippen LogP contribution in [0.25, 0.3) is 6.08 Å². The zero-order chi connectivity index (χ0) is 26.3. The maximum Gasteiger partial charge on any atom is 0.416 e. The quantitative estimate of drug-likeness (QED) is 0.291. The van der Waals surface area contributed by atoms with Gasteiger partial charge in [-0.1, -0.05) is 81.5 Å². The molecule has 1 aliphatic rings. The second-order valence-corrected chi connectivity index (χ2v) is 9.19. The largest absolute Gasteiger partial charge is 0.491 e. The molecule has 2 atom stereocenters. The van der Waals surface area contributed by atoms with Crippen LogP contribution in [0, 0.1) is 0 Å². The minimum absolute atomic E-state index is 0. The summed E-state index contributed by atoms with van der Waals surface area (Å²) < 4.78 is 46.4. The molecule has 0 saturated heterocycles. The number of unbranched alkanes of at least 4 members (excludes halogenated alkanes) is 1. The highest BCUT2D eigenvalue weighted by molar-refractivity contribution is 6.02. The molecule has 1 aliphatic carbocycles. The highest BCUT2D eigenvalue weighted by Crippen LogP contribution is 2.38. The van der Waals surface area contributed by atoms with Crippen molar-refractivity contribution in [1.29, 1.82) is 0 Å². The fourth-order valence-corrected chi connectivity index (χ4v) is 4.50. The minimum atomic E-state index is -4.56. The summed E-state index contributed by atoms with van der Waals surface area (Å²) in [6, 6.07) is 13.8. The molecule has 0 N–H and O–H groups in total. The standard InChI is InChI=1S/C31H33F3O2.H2/c1-5-8-9-21(4)36-26-15-11-22(12-16-26)18-23-10-13-25-14-17-30(35)28(27(25)19-23)20-24(6-2)29(7-3)31(32,33)34;/h6-7,10-17,19,21,28H,2-3,5,8-9,18,20H2,1,4H3;1H/b29-24-;. The molecule has 36 heavy (non-hydrogen) atoms. The Hall–Kier alpha value is -3.34. The third-order valence-corrected chi connectivity index (χ3v) is 6.46. The number of benzene rings is 2. The summed E-state index contributed by atoms with van der Waals surface area (Å²) in [6.07, 6.45) is 4.54. The number of fused-ring (bicyclic) bond motifs is 1. The van der Waals surface area contributed by atoms with Crippen molar-refractivity contribution < 1.29 is 24.1 Å². The minimum Gasteiger partial charge on any atom is -0.491 e. The Kier molecular flexibility index (Phi) is 9.14. The Balaban J connectivity index is 0.00000481.